The van der Waals surface area contributed by atoms with Gasteiger partial charge in [-0.05, 0) is 66.5 Å². The average molecular weight is 254 g/mol. The Balaban J connectivity index is 2.13. The summed E-state index contributed by atoms with van der Waals surface area (Å²) in [7, 11) is 0. The van der Waals surface area contributed by atoms with Gasteiger partial charge in [-0.2, -0.15) is 0 Å². The molecule has 2 heterocycles. The van der Waals surface area contributed by atoms with Crippen molar-refractivity contribution in [3.63, 3.8) is 0 Å². The van der Waals surface area contributed by atoms with Crippen molar-refractivity contribution >= 4 is 0 Å². The van der Waals surface area contributed by atoms with Crippen LogP contribution in [0, 0.1) is 0 Å². The first-order valence-corrected chi connectivity index (χ1v) is 7.15. The Labute approximate surface area is 115 Å². The Hall–Kier alpha value is -1.70. The normalized spacial score (nSPS) is 14.0. The third-order valence-electron chi connectivity index (χ3n) is 3.91. The molecule has 0 N–H and O–H groups in total. The van der Waals surface area contributed by atoms with E-state index in [4.69, 9.17) is 0 Å². The molecule has 0 aliphatic carbocycles. The number of hydrogen-bond donors (Lipinski definition) is 0. The minimum atomic E-state index is 0.612. The molecule has 19 heavy (non-hydrogen) atoms. The van der Waals surface area contributed by atoms with Gasteiger partial charge in [-0.25, -0.2) is 0 Å². The van der Waals surface area contributed by atoms with Gasteiger partial charge in [0.05, 0.1) is 0 Å². The van der Waals surface area contributed by atoms with E-state index in [1.165, 1.54) is 30.4 Å². The Morgan fingerprint density at radius 2 is 1.11 bits per heavy atom. The minimum absolute atomic E-state index is 0.612. The van der Waals surface area contributed by atoms with Gasteiger partial charge in [-0.15, -0.1) is 0 Å². The summed E-state index contributed by atoms with van der Waals surface area (Å²) in [5.74, 6) is 1.22. The highest BCUT2D eigenvalue weighted by atomic mass is 14.6. The lowest BCUT2D eigenvalue weighted by Gasteiger charge is -2.22. The van der Waals surface area contributed by atoms with Crippen LogP contribution in [-0.2, 0) is 0 Å². The largest absolute Gasteiger partial charge is 0.265 e. The molecule has 2 nitrogen and oxygen atoms in total. The molecule has 0 bridgehead atoms. The molecule has 0 saturated carbocycles. The maximum absolute atomic E-state index is 4.11. The second-order valence-electron chi connectivity index (χ2n) is 5.01. The summed E-state index contributed by atoms with van der Waals surface area (Å²) in [6, 6.07) is 8.59. The molecule has 2 rings (SSSR count). The fourth-order valence-electron chi connectivity index (χ4n) is 2.69. The molecule has 0 aromatic carbocycles. The van der Waals surface area contributed by atoms with Gasteiger partial charge in [-0.1, -0.05) is 13.8 Å². The van der Waals surface area contributed by atoms with Crippen LogP contribution in [0.4, 0.5) is 0 Å². The standard InChI is InChI=1S/C17H22N2/c1-3-14(16-5-9-18-10-6-16)13-15(4-2)17-7-11-19-12-8-17/h5-12,14-15H,3-4,13H2,1-2H3. The van der Waals surface area contributed by atoms with Crippen LogP contribution < -0.4 is 0 Å². The van der Waals surface area contributed by atoms with E-state index in [0.717, 1.165) is 0 Å². The molecule has 2 aromatic heterocycles. The third kappa shape index (κ3) is 3.63. The van der Waals surface area contributed by atoms with Crippen molar-refractivity contribution in [2.45, 2.75) is 44.9 Å². The summed E-state index contributed by atoms with van der Waals surface area (Å²) < 4.78 is 0. The fourth-order valence-corrected chi connectivity index (χ4v) is 2.69. The zero-order valence-electron chi connectivity index (χ0n) is 11.8. The van der Waals surface area contributed by atoms with Crippen LogP contribution in [0.3, 0.4) is 0 Å². The summed E-state index contributed by atoms with van der Waals surface area (Å²) in [4.78, 5) is 8.22. The molecule has 0 radical (unpaired) electrons. The van der Waals surface area contributed by atoms with Gasteiger partial charge in [-0.3, -0.25) is 9.97 Å². The van der Waals surface area contributed by atoms with Crippen LogP contribution in [0.15, 0.2) is 49.1 Å². The SMILES string of the molecule is CCC(CC(CC)c1ccncc1)c1ccncc1. The van der Waals surface area contributed by atoms with Crippen LogP contribution in [0.25, 0.3) is 0 Å². The van der Waals surface area contributed by atoms with E-state index >= 15 is 0 Å². The van der Waals surface area contributed by atoms with Crippen LogP contribution in [0.5, 0.6) is 0 Å². The predicted molar refractivity (Wildman–Crippen MR) is 79.2 cm³/mol. The zero-order valence-corrected chi connectivity index (χ0v) is 11.8. The highest BCUT2D eigenvalue weighted by molar-refractivity contribution is 5.20. The maximum atomic E-state index is 4.11. The van der Waals surface area contributed by atoms with Gasteiger partial charge in [0.25, 0.3) is 0 Å². The van der Waals surface area contributed by atoms with E-state index in [1.54, 1.807) is 0 Å². The lowest BCUT2D eigenvalue weighted by atomic mass is 9.83. The summed E-state index contributed by atoms with van der Waals surface area (Å²) in [5, 5.41) is 0. The summed E-state index contributed by atoms with van der Waals surface area (Å²) in [6.07, 6.45) is 11.1. The number of nitrogens with zero attached hydrogens (tertiary/aromatic N) is 2. The predicted octanol–water partition coefficient (Wildman–Crippen LogP) is 4.55. The molecule has 2 aromatic rings. The van der Waals surface area contributed by atoms with Crippen molar-refractivity contribution in [1.82, 2.24) is 9.97 Å². The lowest BCUT2D eigenvalue weighted by molar-refractivity contribution is 0.508. The Morgan fingerprint density at radius 1 is 0.737 bits per heavy atom. The molecule has 0 fully saturated rings. The zero-order chi connectivity index (χ0) is 13.5. The van der Waals surface area contributed by atoms with E-state index in [-0.39, 0.29) is 0 Å². The summed E-state index contributed by atoms with van der Waals surface area (Å²) in [6.45, 7) is 4.54. The van der Waals surface area contributed by atoms with Gasteiger partial charge in [0.2, 0.25) is 0 Å². The summed E-state index contributed by atoms with van der Waals surface area (Å²) >= 11 is 0. The van der Waals surface area contributed by atoms with Crippen LogP contribution in [0.2, 0.25) is 0 Å². The topological polar surface area (TPSA) is 25.8 Å². The molecule has 0 amide bonds. The first-order valence-electron chi connectivity index (χ1n) is 7.15. The van der Waals surface area contributed by atoms with Gasteiger partial charge in [0.15, 0.2) is 0 Å². The van der Waals surface area contributed by atoms with Crippen LogP contribution >= 0.6 is 0 Å². The first-order chi connectivity index (χ1) is 9.35. The number of pyridine rings is 2. The highest BCUT2D eigenvalue weighted by Gasteiger charge is 2.17. The van der Waals surface area contributed by atoms with Crippen LogP contribution in [-0.4, -0.2) is 9.97 Å². The Morgan fingerprint density at radius 3 is 1.42 bits per heavy atom. The van der Waals surface area contributed by atoms with E-state index in [2.05, 4.69) is 48.1 Å². The van der Waals surface area contributed by atoms with Gasteiger partial charge in [0.1, 0.15) is 0 Å². The Kier molecular flexibility index (Phi) is 5.08. The lowest BCUT2D eigenvalue weighted by Crippen LogP contribution is -2.06. The van der Waals surface area contributed by atoms with Gasteiger partial charge >= 0.3 is 0 Å². The minimum Gasteiger partial charge on any atom is -0.265 e. The van der Waals surface area contributed by atoms with Crippen molar-refractivity contribution in [2.24, 2.45) is 0 Å². The van der Waals surface area contributed by atoms with E-state index in [1.807, 2.05) is 24.8 Å². The molecule has 2 unspecified atom stereocenters. The number of hydrogen-bond acceptors (Lipinski definition) is 2. The van der Waals surface area contributed by atoms with E-state index in [0.29, 0.717) is 11.8 Å². The van der Waals surface area contributed by atoms with Crippen LogP contribution in [0.1, 0.15) is 56.1 Å². The molecule has 2 atom stereocenters. The van der Waals surface area contributed by atoms with E-state index in [9.17, 15) is 0 Å². The molecule has 0 aliphatic heterocycles. The van der Waals surface area contributed by atoms with Crippen molar-refractivity contribution in [3.8, 4) is 0 Å². The number of rotatable bonds is 6. The smallest absolute Gasteiger partial charge is 0.0270 e. The van der Waals surface area contributed by atoms with Crippen molar-refractivity contribution in [1.29, 1.82) is 0 Å². The Bertz CT molecular complexity index is 422. The molecule has 100 valence electrons. The molecule has 0 aliphatic rings. The first kappa shape index (κ1) is 13.7. The van der Waals surface area contributed by atoms with Crippen molar-refractivity contribution < 1.29 is 0 Å². The molecule has 0 spiro atoms. The molecule has 0 saturated heterocycles. The average Bonchev–Trinajstić information content (AvgIpc) is 2.50. The second kappa shape index (κ2) is 7.03. The number of aromatic nitrogens is 2. The van der Waals surface area contributed by atoms with Crippen molar-refractivity contribution in [2.75, 3.05) is 0 Å². The fraction of sp³-hybridized carbons (Fsp3) is 0.412. The highest BCUT2D eigenvalue weighted by Crippen LogP contribution is 2.33. The van der Waals surface area contributed by atoms with E-state index < -0.39 is 0 Å². The van der Waals surface area contributed by atoms with Gasteiger partial charge in [0, 0.05) is 24.8 Å². The molecular formula is C17H22N2. The third-order valence-corrected chi connectivity index (χ3v) is 3.91. The molecule has 2 heteroatoms. The maximum Gasteiger partial charge on any atom is 0.0270 e. The summed E-state index contributed by atoms with van der Waals surface area (Å²) in [5.41, 5.74) is 2.81. The van der Waals surface area contributed by atoms with Gasteiger partial charge < -0.3 is 0 Å². The van der Waals surface area contributed by atoms with Crippen molar-refractivity contribution in [3.05, 3.63) is 60.2 Å². The quantitative estimate of drug-likeness (QED) is 0.755. The molecular weight excluding hydrogens is 232 g/mol. The second-order valence-corrected chi connectivity index (χ2v) is 5.01. The monoisotopic (exact) mass is 254 g/mol.